The maximum Gasteiger partial charge on any atom is 0.314 e. The van der Waals surface area contributed by atoms with Crippen LogP contribution in [0.2, 0.25) is 0 Å². The molecule has 2 aliphatic carbocycles. The molecule has 2 saturated carbocycles. The third kappa shape index (κ3) is 4.83. The minimum atomic E-state index is -3.50. The highest BCUT2D eigenvalue weighted by Crippen LogP contribution is 2.79. The topological polar surface area (TPSA) is 85.0 Å². The van der Waals surface area contributed by atoms with E-state index in [-0.39, 0.29) is 22.9 Å². The smallest absolute Gasteiger partial charge is 0.314 e. The van der Waals surface area contributed by atoms with Crippen LogP contribution < -0.4 is 15.5 Å². The second-order valence-electron chi connectivity index (χ2n) is 14.9. The molecule has 1 spiro atoms. The zero-order valence-electron chi connectivity index (χ0n) is 28.3. The summed E-state index contributed by atoms with van der Waals surface area (Å²) in [5.41, 5.74) is 4.34. The molecule has 4 fully saturated rings. The highest BCUT2D eigenvalue weighted by atomic mass is 32.2. The van der Waals surface area contributed by atoms with Gasteiger partial charge in [-0.2, -0.15) is 0 Å². The first-order chi connectivity index (χ1) is 23.3. The van der Waals surface area contributed by atoms with Crippen molar-refractivity contribution < 1.29 is 13.2 Å². The van der Waals surface area contributed by atoms with E-state index in [4.69, 9.17) is 0 Å². The van der Waals surface area contributed by atoms with E-state index in [0.29, 0.717) is 27.7 Å². The first-order valence-corrected chi connectivity index (χ1v) is 19.5. The predicted octanol–water partition coefficient (Wildman–Crippen LogP) is 5.29. The SMILES string of the molecule is CCN1Cc2ccccc2C2(C3CCN(CC4CN(c5ccc(S(=O)(=O)c6ccccc6)cc5)C4)CC3)C1C21CCC[C@@H]1NC(=O)NC. The summed E-state index contributed by atoms with van der Waals surface area (Å²) in [6, 6.07) is 25.9. The average Bonchev–Trinajstić information content (AvgIpc) is 3.53. The number of urea groups is 1. The Morgan fingerprint density at radius 2 is 1.58 bits per heavy atom. The van der Waals surface area contributed by atoms with E-state index in [1.54, 1.807) is 49.0 Å². The lowest BCUT2D eigenvalue weighted by atomic mass is 9.68. The molecule has 0 aromatic heterocycles. The van der Waals surface area contributed by atoms with Gasteiger partial charge in [0.15, 0.2) is 0 Å². The lowest BCUT2D eigenvalue weighted by molar-refractivity contribution is 0.112. The van der Waals surface area contributed by atoms with Crippen molar-refractivity contribution in [1.82, 2.24) is 20.4 Å². The molecule has 3 aromatic carbocycles. The van der Waals surface area contributed by atoms with Gasteiger partial charge >= 0.3 is 6.03 Å². The van der Waals surface area contributed by atoms with Gasteiger partial charge < -0.3 is 20.4 Å². The number of benzene rings is 3. The number of hydrogen-bond donors (Lipinski definition) is 2. The number of hydrogen-bond acceptors (Lipinski definition) is 6. The number of nitrogens with one attached hydrogen (secondary N) is 2. The lowest BCUT2D eigenvalue weighted by Crippen LogP contribution is -2.53. The van der Waals surface area contributed by atoms with Gasteiger partial charge in [-0.15, -0.1) is 0 Å². The number of nitrogens with zero attached hydrogens (tertiary/aromatic N) is 3. The predicted molar refractivity (Wildman–Crippen MR) is 189 cm³/mol. The van der Waals surface area contributed by atoms with Crippen LogP contribution in [-0.2, 0) is 21.8 Å². The van der Waals surface area contributed by atoms with Crippen LogP contribution >= 0.6 is 0 Å². The van der Waals surface area contributed by atoms with E-state index in [1.165, 1.54) is 31.2 Å². The number of piperidine rings is 1. The summed E-state index contributed by atoms with van der Waals surface area (Å²) in [4.78, 5) is 21.2. The number of rotatable bonds is 8. The summed E-state index contributed by atoms with van der Waals surface area (Å²) in [6.45, 7) is 9.74. The standard InChI is InChI=1S/C39H49N5O3S/c1-3-43-27-29-10-7-8-13-34(29)39(36(43)38(39)21-9-14-35(38)41-37(45)40-2)30-19-22-42(23-20-30)24-28-25-44(26-28)31-15-17-33(18-16-31)48(46,47)32-11-5-4-6-12-32/h4-8,10-13,15-18,28,30,35-36H,3,9,14,19-27H2,1-2H3,(H2,40,41,45)/t35-,36?,38?,39?/m0/s1. The summed E-state index contributed by atoms with van der Waals surface area (Å²) in [7, 11) is -1.77. The van der Waals surface area contributed by atoms with Gasteiger partial charge in [-0.05, 0) is 98.8 Å². The number of sulfone groups is 1. The van der Waals surface area contributed by atoms with Crippen LogP contribution in [0.3, 0.4) is 0 Å². The van der Waals surface area contributed by atoms with Crippen LogP contribution in [0, 0.1) is 17.3 Å². The van der Waals surface area contributed by atoms with E-state index >= 15 is 0 Å². The maximum atomic E-state index is 13.0. The Hall–Kier alpha value is -3.40. The Morgan fingerprint density at radius 3 is 2.29 bits per heavy atom. The van der Waals surface area contributed by atoms with Gasteiger partial charge in [-0.3, -0.25) is 4.90 Å². The highest BCUT2D eigenvalue weighted by Gasteiger charge is 2.84. The number of amides is 2. The molecule has 3 heterocycles. The molecular formula is C39H49N5O3S. The second kappa shape index (κ2) is 12.2. The number of likely N-dealkylation sites (tertiary alicyclic amines) is 1. The summed E-state index contributed by atoms with van der Waals surface area (Å²) < 4.78 is 26.0. The first kappa shape index (κ1) is 31.8. The van der Waals surface area contributed by atoms with E-state index in [9.17, 15) is 13.2 Å². The molecule has 3 aliphatic heterocycles. The lowest BCUT2D eigenvalue weighted by Gasteiger charge is -2.46. The minimum Gasteiger partial charge on any atom is -0.371 e. The molecule has 4 atom stereocenters. The minimum absolute atomic E-state index is 0.0473. The van der Waals surface area contributed by atoms with E-state index < -0.39 is 9.84 Å². The van der Waals surface area contributed by atoms with Crippen molar-refractivity contribution in [2.45, 2.75) is 72.9 Å². The Bertz CT molecular complexity index is 1750. The van der Waals surface area contributed by atoms with E-state index in [2.05, 4.69) is 56.5 Å². The number of carbonyl (C=O) groups is 1. The Labute approximate surface area is 285 Å². The molecule has 8 rings (SSSR count). The normalized spacial score (nSPS) is 29.2. The Morgan fingerprint density at radius 1 is 0.896 bits per heavy atom. The molecule has 0 bridgehead atoms. The third-order valence-corrected chi connectivity index (χ3v) is 14.5. The van der Waals surface area contributed by atoms with Crippen molar-refractivity contribution in [2.75, 3.05) is 51.2 Å². The van der Waals surface area contributed by atoms with E-state index in [0.717, 1.165) is 57.9 Å². The number of anilines is 1. The molecular weight excluding hydrogens is 619 g/mol. The van der Waals surface area contributed by atoms with Crippen molar-refractivity contribution in [3.05, 3.63) is 90.0 Å². The molecule has 3 unspecified atom stereocenters. The van der Waals surface area contributed by atoms with Crippen LogP contribution in [0.15, 0.2) is 88.7 Å². The highest BCUT2D eigenvalue weighted by molar-refractivity contribution is 7.91. The van der Waals surface area contributed by atoms with Crippen LogP contribution in [0.4, 0.5) is 10.5 Å². The van der Waals surface area contributed by atoms with Crippen molar-refractivity contribution in [3.63, 3.8) is 0 Å². The Balaban J connectivity index is 0.935. The van der Waals surface area contributed by atoms with Crippen molar-refractivity contribution in [1.29, 1.82) is 0 Å². The molecule has 5 aliphatic rings. The van der Waals surface area contributed by atoms with Gasteiger partial charge in [-0.1, -0.05) is 55.8 Å². The van der Waals surface area contributed by atoms with Gasteiger partial charge in [0.05, 0.1) is 9.79 Å². The maximum absolute atomic E-state index is 13.0. The van der Waals surface area contributed by atoms with Gasteiger partial charge in [0.2, 0.25) is 9.84 Å². The van der Waals surface area contributed by atoms with Crippen LogP contribution in [-0.4, -0.2) is 82.6 Å². The van der Waals surface area contributed by atoms with Gasteiger partial charge in [0.25, 0.3) is 0 Å². The molecule has 9 heteroatoms. The van der Waals surface area contributed by atoms with Gasteiger partial charge in [0, 0.05) is 67.7 Å². The molecule has 254 valence electrons. The summed E-state index contributed by atoms with van der Waals surface area (Å²) in [6.07, 6.45) is 5.83. The first-order valence-electron chi connectivity index (χ1n) is 18.0. The summed E-state index contributed by atoms with van der Waals surface area (Å²) >= 11 is 0. The zero-order valence-corrected chi connectivity index (χ0v) is 29.1. The fourth-order valence-electron chi connectivity index (χ4n) is 10.7. The molecule has 2 amide bonds. The fraction of sp³-hybridized carbons (Fsp3) is 0.513. The summed E-state index contributed by atoms with van der Waals surface area (Å²) in [5, 5.41) is 6.28. The van der Waals surface area contributed by atoms with Crippen LogP contribution in [0.1, 0.15) is 50.2 Å². The molecule has 3 aromatic rings. The quantitative estimate of drug-likeness (QED) is 0.340. The monoisotopic (exact) mass is 667 g/mol. The molecule has 48 heavy (non-hydrogen) atoms. The Kier molecular flexibility index (Phi) is 8.08. The number of carbonyl (C=O) groups excluding carboxylic acids is 1. The molecule has 2 saturated heterocycles. The van der Waals surface area contributed by atoms with Crippen molar-refractivity contribution >= 4 is 21.6 Å². The molecule has 2 N–H and O–H groups in total. The second-order valence-corrected chi connectivity index (χ2v) is 16.8. The molecule has 0 radical (unpaired) electrons. The third-order valence-electron chi connectivity index (χ3n) is 12.7. The number of fused-ring (bicyclic) bond motifs is 5. The van der Waals surface area contributed by atoms with Crippen molar-refractivity contribution in [2.24, 2.45) is 17.3 Å². The van der Waals surface area contributed by atoms with Crippen LogP contribution in [0.25, 0.3) is 0 Å². The number of likely N-dealkylation sites (N-methyl/N-ethyl adjacent to an activating group) is 1. The summed E-state index contributed by atoms with van der Waals surface area (Å²) in [5.74, 6) is 1.22. The molecule has 8 nitrogen and oxygen atoms in total. The average molecular weight is 668 g/mol. The van der Waals surface area contributed by atoms with Crippen molar-refractivity contribution in [3.8, 4) is 0 Å². The largest absolute Gasteiger partial charge is 0.371 e. The van der Waals surface area contributed by atoms with Gasteiger partial charge in [-0.25, -0.2) is 13.2 Å². The van der Waals surface area contributed by atoms with Crippen LogP contribution in [0.5, 0.6) is 0 Å². The fourth-order valence-corrected chi connectivity index (χ4v) is 12.0. The van der Waals surface area contributed by atoms with E-state index in [1.807, 2.05) is 18.2 Å². The van der Waals surface area contributed by atoms with Gasteiger partial charge in [0.1, 0.15) is 0 Å². The zero-order chi connectivity index (χ0) is 33.1.